The molecule has 0 saturated carbocycles. The first-order valence-electron chi connectivity index (χ1n) is 12.0. The third-order valence-corrected chi connectivity index (χ3v) is 7.14. The highest BCUT2D eigenvalue weighted by Gasteiger charge is 2.22. The predicted molar refractivity (Wildman–Crippen MR) is 146 cm³/mol. The smallest absolute Gasteiger partial charge is 0.236 e. The SMILES string of the molecule is COc1cc(N2CCN(C(=O)CN(C)C)CC2)ccc1Nc1ncnc(Nc2ccccc2S(C)(=O)=O)n1. The van der Waals surface area contributed by atoms with Gasteiger partial charge in [-0.25, -0.2) is 18.4 Å². The fourth-order valence-electron chi connectivity index (χ4n) is 4.12. The molecule has 0 atom stereocenters. The molecule has 38 heavy (non-hydrogen) atoms. The van der Waals surface area contributed by atoms with Gasteiger partial charge in [-0.2, -0.15) is 4.98 Å². The number of ether oxygens (including phenoxy) is 1. The van der Waals surface area contributed by atoms with Crippen molar-refractivity contribution in [2.45, 2.75) is 4.90 Å². The lowest BCUT2D eigenvalue weighted by atomic mass is 10.2. The normalized spacial score (nSPS) is 13.9. The van der Waals surface area contributed by atoms with Gasteiger partial charge in [0.05, 0.1) is 29.9 Å². The number of hydrogen-bond acceptors (Lipinski definition) is 11. The Kier molecular flexibility index (Phi) is 8.27. The molecule has 1 aliphatic heterocycles. The van der Waals surface area contributed by atoms with Crippen molar-refractivity contribution in [2.24, 2.45) is 0 Å². The summed E-state index contributed by atoms with van der Waals surface area (Å²) in [6.45, 7) is 3.20. The van der Waals surface area contributed by atoms with Crippen LogP contribution in [0.25, 0.3) is 0 Å². The van der Waals surface area contributed by atoms with Crippen LogP contribution in [0.4, 0.5) is 29.0 Å². The zero-order valence-corrected chi connectivity index (χ0v) is 22.7. The molecule has 2 aromatic carbocycles. The number of nitrogens with one attached hydrogen (secondary N) is 2. The number of carbonyl (C=O) groups is 1. The lowest BCUT2D eigenvalue weighted by molar-refractivity contribution is -0.132. The molecular weight excluding hydrogens is 508 g/mol. The molecule has 0 radical (unpaired) electrons. The number of aromatic nitrogens is 3. The molecule has 12 nitrogen and oxygen atoms in total. The van der Waals surface area contributed by atoms with E-state index >= 15 is 0 Å². The second-order valence-corrected chi connectivity index (χ2v) is 11.1. The third kappa shape index (κ3) is 6.66. The van der Waals surface area contributed by atoms with Crippen molar-refractivity contribution < 1.29 is 17.9 Å². The van der Waals surface area contributed by atoms with E-state index in [1.807, 2.05) is 42.1 Å². The van der Waals surface area contributed by atoms with Crippen LogP contribution in [0.2, 0.25) is 0 Å². The zero-order chi connectivity index (χ0) is 27.3. The maximum absolute atomic E-state index is 12.3. The summed E-state index contributed by atoms with van der Waals surface area (Å²) in [5.74, 6) is 1.19. The highest BCUT2D eigenvalue weighted by Crippen LogP contribution is 2.32. The van der Waals surface area contributed by atoms with Gasteiger partial charge in [0.1, 0.15) is 12.1 Å². The number of amides is 1. The molecule has 1 amide bonds. The van der Waals surface area contributed by atoms with Gasteiger partial charge in [0, 0.05) is 44.2 Å². The van der Waals surface area contributed by atoms with E-state index in [0.717, 1.165) is 25.0 Å². The van der Waals surface area contributed by atoms with Crippen LogP contribution in [0, 0.1) is 0 Å². The second-order valence-electron chi connectivity index (χ2n) is 9.14. The number of benzene rings is 2. The summed E-state index contributed by atoms with van der Waals surface area (Å²) in [5, 5.41) is 6.10. The van der Waals surface area contributed by atoms with Crippen molar-refractivity contribution in [3.63, 3.8) is 0 Å². The summed E-state index contributed by atoms with van der Waals surface area (Å²) in [5.41, 5.74) is 2.02. The Morgan fingerprint density at radius 1 is 1.00 bits per heavy atom. The molecular formula is C25H32N8O4S. The Labute approximate surface area is 222 Å². The number of carbonyl (C=O) groups excluding carboxylic acids is 1. The van der Waals surface area contributed by atoms with E-state index in [1.165, 1.54) is 12.4 Å². The van der Waals surface area contributed by atoms with Crippen LogP contribution in [0.5, 0.6) is 5.75 Å². The van der Waals surface area contributed by atoms with Gasteiger partial charge in [-0.15, -0.1) is 0 Å². The van der Waals surface area contributed by atoms with Crippen LogP contribution < -0.4 is 20.3 Å². The van der Waals surface area contributed by atoms with Gasteiger partial charge in [0.25, 0.3) is 0 Å². The molecule has 13 heteroatoms. The molecule has 1 aliphatic rings. The Morgan fingerprint density at radius 3 is 2.29 bits per heavy atom. The number of hydrogen-bond donors (Lipinski definition) is 2. The van der Waals surface area contributed by atoms with Gasteiger partial charge >= 0.3 is 0 Å². The Balaban J connectivity index is 1.45. The first-order chi connectivity index (χ1) is 18.1. The monoisotopic (exact) mass is 540 g/mol. The number of methoxy groups -OCH3 is 1. The third-order valence-electron chi connectivity index (χ3n) is 5.99. The van der Waals surface area contributed by atoms with Crippen molar-refractivity contribution >= 4 is 44.7 Å². The molecule has 2 heterocycles. The van der Waals surface area contributed by atoms with Gasteiger partial charge in [0.15, 0.2) is 9.84 Å². The van der Waals surface area contributed by atoms with Crippen LogP contribution >= 0.6 is 0 Å². The number of piperazine rings is 1. The number of sulfone groups is 1. The van der Waals surface area contributed by atoms with Crippen LogP contribution in [0.1, 0.15) is 0 Å². The van der Waals surface area contributed by atoms with Crippen molar-refractivity contribution in [2.75, 3.05) is 75.7 Å². The highest BCUT2D eigenvalue weighted by molar-refractivity contribution is 7.90. The zero-order valence-electron chi connectivity index (χ0n) is 21.9. The van der Waals surface area contributed by atoms with Crippen LogP contribution in [-0.4, -0.2) is 99.3 Å². The lowest BCUT2D eigenvalue weighted by Crippen LogP contribution is -2.50. The van der Waals surface area contributed by atoms with E-state index < -0.39 is 9.84 Å². The first kappa shape index (κ1) is 27.1. The molecule has 4 rings (SSSR count). The number of anilines is 5. The van der Waals surface area contributed by atoms with Crippen LogP contribution in [0.15, 0.2) is 53.7 Å². The second kappa shape index (κ2) is 11.6. The summed E-state index contributed by atoms with van der Waals surface area (Å²) in [6.07, 6.45) is 2.48. The van der Waals surface area contributed by atoms with Gasteiger partial charge in [-0.05, 0) is 38.4 Å². The van der Waals surface area contributed by atoms with E-state index in [0.29, 0.717) is 36.8 Å². The average molecular weight is 541 g/mol. The molecule has 2 N–H and O–H groups in total. The summed E-state index contributed by atoms with van der Waals surface area (Å²) in [6, 6.07) is 12.3. The topological polar surface area (TPSA) is 133 Å². The van der Waals surface area contributed by atoms with Gasteiger partial charge in [-0.1, -0.05) is 12.1 Å². The minimum atomic E-state index is -3.44. The quantitative estimate of drug-likeness (QED) is 0.413. The van der Waals surface area contributed by atoms with Crippen LogP contribution in [-0.2, 0) is 14.6 Å². The maximum atomic E-state index is 12.3. The van der Waals surface area contributed by atoms with Gasteiger partial charge in [0.2, 0.25) is 17.8 Å². The molecule has 202 valence electrons. The van der Waals surface area contributed by atoms with E-state index in [1.54, 1.807) is 25.3 Å². The van der Waals surface area contributed by atoms with E-state index in [9.17, 15) is 13.2 Å². The average Bonchev–Trinajstić information content (AvgIpc) is 2.88. The first-order valence-corrected chi connectivity index (χ1v) is 13.9. The standard InChI is InChI=1S/C25H32N8O4S/c1-31(2)16-23(34)33-13-11-32(12-14-33)18-9-10-19(21(15-18)37-3)28-24-26-17-27-25(30-24)29-20-7-5-6-8-22(20)38(4,35)36/h5-10,15,17H,11-14,16H2,1-4H3,(H2,26,27,28,29,30). The molecule has 1 aromatic heterocycles. The fraction of sp³-hybridized carbons (Fsp3) is 0.360. The summed E-state index contributed by atoms with van der Waals surface area (Å²) in [7, 11) is 1.93. The van der Waals surface area contributed by atoms with E-state index in [4.69, 9.17) is 4.74 Å². The Bertz CT molecular complexity index is 1390. The molecule has 0 spiro atoms. The maximum Gasteiger partial charge on any atom is 0.236 e. The number of likely N-dealkylation sites (N-methyl/N-ethyl adjacent to an activating group) is 1. The molecule has 0 aliphatic carbocycles. The number of nitrogens with zero attached hydrogens (tertiary/aromatic N) is 6. The Morgan fingerprint density at radius 2 is 1.66 bits per heavy atom. The summed E-state index contributed by atoms with van der Waals surface area (Å²) < 4.78 is 29.8. The lowest BCUT2D eigenvalue weighted by Gasteiger charge is -2.36. The number of para-hydroxylation sites is 1. The molecule has 0 bridgehead atoms. The van der Waals surface area contributed by atoms with Gasteiger partial charge < -0.3 is 30.1 Å². The number of rotatable bonds is 9. The van der Waals surface area contributed by atoms with Crippen LogP contribution in [0.3, 0.4) is 0 Å². The fourth-order valence-corrected chi connectivity index (χ4v) is 4.96. The summed E-state index contributed by atoms with van der Waals surface area (Å²) >= 11 is 0. The molecule has 1 saturated heterocycles. The minimum Gasteiger partial charge on any atom is -0.494 e. The van der Waals surface area contributed by atoms with Crippen molar-refractivity contribution in [1.29, 1.82) is 0 Å². The van der Waals surface area contributed by atoms with Crippen molar-refractivity contribution in [3.05, 3.63) is 48.8 Å². The molecule has 1 fully saturated rings. The van der Waals surface area contributed by atoms with Crippen molar-refractivity contribution in [1.82, 2.24) is 24.8 Å². The van der Waals surface area contributed by atoms with Gasteiger partial charge in [-0.3, -0.25) is 4.79 Å². The summed E-state index contributed by atoms with van der Waals surface area (Å²) in [4.78, 5) is 31.2. The molecule has 0 unspecified atom stereocenters. The van der Waals surface area contributed by atoms with E-state index in [2.05, 4.69) is 30.5 Å². The predicted octanol–water partition coefficient (Wildman–Crippen LogP) is 1.98. The molecule has 3 aromatic rings. The minimum absolute atomic E-state index is 0.137. The van der Waals surface area contributed by atoms with E-state index in [-0.39, 0.29) is 22.7 Å². The van der Waals surface area contributed by atoms with Crippen molar-refractivity contribution in [3.8, 4) is 5.75 Å². The highest BCUT2D eigenvalue weighted by atomic mass is 32.2. The Hall–Kier alpha value is -3.97. The largest absolute Gasteiger partial charge is 0.494 e.